The van der Waals surface area contributed by atoms with Crippen LogP contribution in [0, 0.1) is 6.92 Å². The van der Waals surface area contributed by atoms with Crippen molar-refractivity contribution in [3.8, 4) is 0 Å². The standard InChI is InChI=1S/C4H6N2.C4H8/c1-4-2-5-6-3-4;1-3-4-2/h2-3H,1H3,(H,5,6);3H,1,4H2,2H3. The number of nitrogens with zero attached hydrogens (tertiary/aromatic N) is 1. The van der Waals surface area contributed by atoms with Crippen LogP contribution >= 0.6 is 0 Å². The van der Waals surface area contributed by atoms with Crippen molar-refractivity contribution in [3.63, 3.8) is 0 Å². The normalized spacial score (nSPS) is 7.80. The van der Waals surface area contributed by atoms with Crippen LogP contribution in [-0.4, -0.2) is 10.2 Å². The molecule has 0 saturated carbocycles. The number of H-pyrrole nitrogens is 1. The van der Waals surface area contributed by atoms with E-state index >= 15 is 0 Å². The van der Waals surface area contributed by atoms with Crippen LogP contribution in [0.3, 0.4) is 0 Å². The molecule has 0 aliphatic heterocycles. The highest BCUT2D eigenvalue weighted by Gasteiger charge is 1.74. The fourth-order valence-corrected chi connectivity index (χ4v) is 0.315. The van der Waals surface area contributed by atoms with E-state index in [2.05, 4.69) is 23.7 Å². The van der Waals surface area contributed by atoms with E-state index in [1.165, 1.54) is 5.56 Å². The van der Waals surface area contributed by atoms with Gasteiger partial charge in [0.2, 0.25) is 0 Å². The molecule has 0 fully saturated rings. The highest BCUT2D eigenvalue weighted by molar-refractivity contribution is 4.96. The topological polar surface area (TPSA) is 28.7 Å². The van der Waals surface area contributed by atoms with Gasteiger partial charge in [-0.15, -0.1) is 6.58 Å². The number of allylic oxidation sites excluding steroid dienone is 1. The SMILES string of the molecule is C=CCC.Cc1cn[nH]c1. The summed E-state index contributed by atoms with van der Waals surface area (Å²) in [6, 6.07) is 0. The van der Waals surface area contributed by atoms with Crippen LogP contribution in [0.1, 0.15) is 18.9 Å². The second-order valence-electron chi connectivity index (χ2n) is 1.97. The molecule has 0 aromatic carbocycles. The van der Waals surface area contributed by atoms with Gasteiger partial charge < -0.3 is 0 Å². The average Bonchev–Trinajstić information content (AvgIpc) is 2.40. The Kier molecular flexibility index (Phi) is 5.44. The van der Waals surface area contributed by atoms with Gasteiger partial charge in [0, 0.05) is 6.20 Å². The van der Waals surface area contributed by atoms with Gasteiger partial charge in [-0.05, 0) is 18.9 Å². The van der Waals surface area contributed by atoms with E-state index < -0.39 is 0 Å². The molecule has 0 aliphatic carbocycles. The Morgan fingerprint density at radius 2 is 2.40 bits per heavy atom. The summed E-state index contributed by atoms with van der Waals surface area (Å²) in [5.41, 5.74) is 1.18. The lowest BCUT2D eigenvalue weighted by Gasteiger charge is -1.62. The van der Waals surface area contributed by atoms with Crippen molar-refractivity contribution >= 4 is 0 Å². The van der Waals surface area contributed by atoms with E-state index in [4.69, 9.17) is 0 Å². The third-order valence-corrected chi connectivity index (χ3v) is 0.924. The minimum absolute atomic E-state index is 1.08. The van der Waals surface area contributed by atoms with Crippen LogP contribution in [0.2, 0.25) is 0 Å². The summed E-state index contributed by atoms with van der Waals surface area (Å²) >= 11 is 0. The summed E-state index contributed by atoms with van der Waals surface area (Å²) in [5.74, 6) is 0. The van der Waals surface area contributed by atoms with Gasteiger partial charge in [-0.3, -0.25) is 5.10 Å². The van der Waals surface area contributed by atoms with Crippen molar-refractivity contribution in [2.75, 3.05) is 0 Å². The lowest BCUT2D eigenvalue weighted by molar-refractivity contribution is 1.09. The highest BCUT2D eigenvalue weighted by atomic mass is 15.1. The smallest absolute Gasteiger partial charge is 0.0516 e. The zero-order valence-electron chi connectivity index (χ0n) is 6.59. The molecule has 1 heterocycles. The zero-order chi connectivity index (χ0) is 7.82. The fourth-order valence-electron chi connectivity index (χ4n) is 0.315. The average molecular weight is 138 g/mol. The quantitative estimate of drug-likeness (QED) is 0.593. The van der Waals surface area contributed by atoms with Gasteiger partial charge in [0.05, 0.1) is 6.20 Å². The second-order valence-corrected chi connectivity index (χ2v) is 1.97. The third kappa shape index (κ3) is 5.09. The van der Waals surface area contributed by atoms with Crippen LogP contribution in [0.15, 0.2) is 25.0 Å². The number of rotatable bonds is 1. The molecule has 0 atom stereocenters. The summed E-state index contributed by atoms with van der Waals surface area (Å²) in [6.07, 6.45) is 6.58. The molecule has 2 nitrogen and oxygen atoms in total. The molecule has 0 spiro atoms. The van der Waals surface area contributed by atoms with Gasteiger partial charge in [-0.2, -0.15) is 5.10 Å². The summed E-state index contributed by atoms with van der Waals surface area (Å²) in [5, 5.41) is 6.38. The number of nitrogens with one attached hydrogen (secondary N) is 1. The Hall–Kier alpha value is -1.05. The Morgan fingerprint density at radius 1 is 1.80 bits per heavy atom. The van der Waals surface area contributed by atoms with Crippen LogP contribution < -0.4 is 0 Å². The Bertz CT molecular complexity index is 154. The molecule has 2 heteroatoms. The van der Waals surface area contributed by atoms with Crippen molar-refractivity contribution < 1.29 is 0 Å². The lowest BCUT2D eigenvalue weighted by Crippen LogP contribution is -1.53. The Morgan fingerprint density at radius 3 is 2.50 bits per heavy atom. The van der Waals surface area contributed by atoms with Crippen molar-refractivity contribution in [2.24, 2.45) is 0 Å². The number of aryl methyl sites for hydroxylation is 1. The van der Waals surface area contributed by atoms with E-state index in [1.807, 2.05) is 19.2 Å². The largest absolute Gasteiger partial charge is 0.285 e. The molecular weight excluding hydrogens is 124 g/mol. The molecule has 1 aromatic heterocycles. The molecule has 0 bridgehead atoms. The zero-order valence-corrected chi connectivity index (χ0v) is 6.59. The van der Waals surface area contributed by atoms with E-state index in [1.54, 1.807) is 6.20 Å². The van der Waals surface area contributed by atoms with E-state index in [0.29, 0.717) is 0 Å². The number of hydrogen-bond donors (Lipinski definition) is 1. The van der Waals surface area contributed by atoms with Crippen molar-refractivity contribution in [3.05, 3.63) is 30.6 Å². The first-order valence-electron chi connectivity index (χ1n) is 3.37. The van der Waals surface area contributed by atoms with Gasteiger partial charge in [0.1, 0.15) is 0 Å². The Labute approximate surface area is 62.0 Å². The summed E-state index contributed by atoms with van der Waals surface area (Å²) in [4.78, 5) is 0. The van der Waals surface area contributed by atoms with Gasteiger partial charge in [-0.1, -0.05) is 13.0 Å². The van der Waals surface area contributed by atoms with Gasteiger partial charge >= 0.3 is 0 Å². The molecule has 10 heavy (non-hydrogen) atoms. The van der Waals surface area contributed by atoms with Crippen LogP contribution in [-0.2, 0) is 0 Å². The first-order chi connectivity index (χ1) is 4.81. The first kappa shape index (κ1) is 8.95. The minimum Gasteiger partial charge on any atom is -0.285 e. The van der Waals surface area contributed by atoms with E-state index in [0.717, 1.165) is 6.42 Å². The molecule has 0 unspecified atom stereocenters. The molecule has 1 aromatic rings. The minimum atomic E-state index is 1.08. The molecule has 0 aliphatic rings. The maximum absolute atomic E-state index is 3.70. The van der Waals surface area contributed by atoms with Gasteiger partial charge in [0.15, 0.2) is 0 Å². The van der Waals surface area contributed by atoms with E-state index in [9.17, 15) is 0 Å². The predicted octanol–water partition coefficient (Wildman–Crippen LogP) is 2.30. The van der Waals surface area contributed by atoms with Crippen molar-refractivity contribution in [1.82, 2.24) is 10.2 Å². The maximum atomic E-state index is 3.70. The summed E-state index contributed by atoms with van der Waals surface area (Å²) < 4.78 is 0. The third-order valence-electron chi connectivity index (χ3n) is 0.924. The maximum Gasteiger partial charge on any atom is 0.0516 e. The van der Waals surface area contributed by atoms with E-state index in [-0.39, 0.29) is 0 Å². The second kappa shape index (κ2) is 6.08. The highest BCUT2D eigenvalue weighted by Crippen LogP contribution is 1.84. The molecule has 1 N–H and O–H groups in total. The predicted molar refractivity (Wildman–Crippen MR) is 43.8 cm³/mol. The fraction of sp³-hybridized carbons (Fsp3) is 0.375. The number of aromatic amines is 1. The first-order valence-corrected chi connectivity index (χ1v) is 3.37. The van der Waals surface area contributed by atoms with Gasteiger partial charge in [-0.25, -0.2) is 0 Å². The lowest BCUT2D eigenvalue weighted by atomic mass is 10.4. The number of hydrogen-bond acceptors (Lipinski definition) is 1. The molecule has 0 radical (unpaired) electrons. The molecule has 0 saturated heterocycles. The number of aromatic nitrogens is 2. The van der Waals surface area contributed by atoms with Crippen LogP contribution in [0.25, 0.3) is 0 Å². The summed E-state index contributed by atoms with van der Waals surface area (Å²) in [7, 11) is 0. The van der Waals surface area contributed by atoms with Crippen molar-refractivity contribution in [1.29, 1.82) is 0 Å². The molecular formula is C8H14N2. The van der Waals surface area contributed by atoms with Crippen LogP contribution in [0.5, 0.6) is 0 Å². The molecule has 56 valence electrons. The van der Waals surface area contributed by atoms with Crippen molar-refractivity contribution in [2.45, 2.75) is 20.3 Å². The molecule has 0 amide bonds. The monoisotopic (exact) mass is 138 g/mol. The molecule has 1 rings (SSSR count). The Balaban J connectivity index is 0.000000180. The van der Waals surface area contributed by atoms with Crippen LogP contribution in [0.4, 0.5) is 0 Å². The summed E-state index contributed by atoms with van der Waals surface area (Å²) in [6.45, 7) is 7.53. The van der Waals surface area contributed by atoms with Gasteiger partial charge in [0.25, 0.3) is 0 Å².